The molecule has 4 aliphatic carbocycles. The Morgan fingerprint density at radius 2 is 0.656 bits per heavy atom. The summed E-state index contributed by atoms with van der Waals surface area (Å²) >= 11 is 0. The van der Waals surface area contributed by atoms with Crippen LogP contribution in [-0.4, -0.2) is 9.13 Å². The maximum absolute atomic E-state index is 7.34. The lowest BCUT2D eigenvalue weighted by Gasteiger charge is -2.30. The molecule has 4 aromatic heterocycles. The third-order valence-corrected chi connectivity index (χ3v) is 21.3. The summed E-state index contributed by atoms with van der Waals surface area (Å²) in [6.07, 6.45) is 0. The van der Waals surface area contributed by atoms with Crippen LogP contribution in [0.3, 0.4) is 0 Å². The Labute approximate surface area is 516 Å². The molecule has 0 bridgehead atoms. The Kier molecular flexibility index (Phi) is 8.78. The van der Waals surface area contributed by atoms with E-state index >= 15 is 0 Å². The third-order valence-electron chi connectivity index (χ3n) is 21.3. The minimum atomic E-state index is -0.463. The van der Waals surface area contributed by atoms with E-state index in [-0.39, 0.29) is 0 Å². The zero-order chi connectivity index (χ0) is 58.3. The Morgan fingerprint density at radius 1 is 0.233 bits per heavy atom. The first kappa shape index (κ1) is 47.4. The molecule has 0 atom stereocenters. The van der Waals surface area contributed by atoms with Crippen molar-refractivity contribution in [2.45, 2.75) is 10.8 Å². The van der Waals surface area contributed by atoms with Crippen molar-refractivity contribution in [1.82, 2.24) is 9.13 Å². The Balaban J connectivity index is 0.708. The number of rotatable bonds is 3. The van der Waals surface area contributed by atoms with Crippen LogP contribution in [0.2, 0.25) is 0 Å². The number of fused-ring (bicyclic) bond motifs is 32. The Bertz CT molecular complexity index is 6220. The van der Waals surface area contributed by atoms with Gasteiger partial charge in [0.15, 0.2) is 5.58 Å². The molecule has 90 heavy (non-hydrogen) atoms. The highest BCUT2D eigenvalue weighted by Gasteiger charge is 2.53. The van der Waals surface area contributed by atoms with Crippen LogP contribution in [0.5, 0.6) is 0 Å². The molecule has 4 aliphatic rings. The predicted octanol–water partition coefficient (Wildman–Crippen LogP) is 22.0. The van der Waals surface area contributed by atoms with Gasteiger partial charge >= 0.3 is 0 Å². The molecule has 0 saturated carbocycles. The van der Waals surface area contributed by atoms with Crippen LogP contribution >= 0.6 is 0 Å². The van der Waals surface area contributed by atoms with E-state index in [0.717, 1.165) is 82.9 Å². The maximum Gasteiger partial charge on any atom is 0.159 e. The van der Waals surface area contributed by atoms with Gasteiger partial charge in [-0.1, -0.05) is 218 Å². The molecule has 0 saturated heterocycles. The largest absolute Gasteiger partial charge is 0.456 e. The Hall–Kier alpha value is -11.7. The lowest BCUT2D eigenvalue weighted by atomic mass is 9.70. The van der Waals surface area contributed by atoms with Gasteiger partial charge in [0.1, 0.15) is 16.7 Å². The molecule has 414 valence electrons. The van der Waals surface area contributed by atoms with E-state index in [0.29, 0.717) is 0 Å². The fraction of sp³-hybridized carbons (Fsp3) is 0.0233. The van der Waals surface area contributed by atoms with Gasteiger partial charge in [0.25, 0.3) is 0 Å². The summed E-state index contributed by atoms with van der Waals surface area (Å²) in [5.41, 5.74) is 32.3. The van der Waals surface area contributed by atoms with E-state index in [2.05, 4.69) is 300 Å². The van der Waals surface area contributed by atoms with Gasteiger partial charge in [0.05, 0.1) is 38.6 Å². The van der Waals surface area contributed by atoms with Crippen LogP contribution in [0, 0.1) is 0 Å². The first-order valence-electron chi connectivity index (χ1n) is 31.3. The van der Waals surface area contributed by atoms with Crippen molar-refractivity contribution in [1.29, 1.82) is 0 Å². The zero-order valence-corrected chi connectivity index (χ0v) is 48.4. The van der Waals surface area contributed by atoms with Gasteiger partial charge < -0.3 is 18.0 Å². The first-order chi connectivity index (χ1) is 44.6. The topological polar surface area (TPSA) is 36.1 Å². The monoisotopic (exact) mass is 1140 g/mol. The van der Waals surface area contributed by atoms with Crippen molar-refractivity contribution in [2.75, 3.05) is 0 Å². The lowest BCUT2D eigenvalue weighted by Crippen LogP contribution is -2.25. The highest BCUT2D eigenvalue weighted by atomic mass is 16.3. The first-order valence-corrected chi connectivity index (χ1v) is 31.3. The van der Waals surface area contributed by atoms with E-state index < -0.39 is 10.8 Å². The van der Waals surface area contributed by atoms with E-state index in [1.54, 1.807) is 0 Å². The molecule has 0 amide bonds. The van der Waals surface area contributed by atoms with Gasteiger partial charge in [0, 0.05) is 54.8 Å². The van der Waals surface area contributed by atoms with Crippen molar-refractivity contribution >= 4 is 87.5 Å². The predicted molar refractivity (Wildman–Crippen MR) is 368 cm³/mol. The summed E-state index contributed by atoms with van der Waals surface area (Å²) in [6.45, 7) is 0. The summed E-state index contributed by atoms with van der Waals surface area (Å²) in [7, 11) is 0. The molecular weight excluding hydrogens is 1090 g/mol. The lowest BCUT2D eigenvalue weighted by molar-refractivity contribution is 0.664. The summed E-state index contributed by atoms with van der Waals surface area (Å²) in [4.78, 5) is 0. The second-order valence-electron chi connectivity index (χ2n) is 25.2. The zero-order valence-electron chi connectivity index (χ0n) is 48.4. The molecule has 0 fully saturated rings. The van der Waals surface area contributed by atoms with E-state index in [9.17, 15) is 0 Å². The number of para-hydroxylation sites is 3. The van der Waals surface area contributed by atoms with Crippen molar-refractivity contribution < 1.29 is 8.83 Å². The molecule has 2 spiro atoms. The minimum absolute atomic E-state index is 0.447. The van der Waals surface area contributed by atoms with E-state index in [1.807, 2.05) is 0 Å². The van der Waals surface area contributed by atoms with Gasteiger partial charge in [-0.2, -0.15) is 0 Å². The molecule has 0 unspecified atom stereocenters. The van der Waals surface area contributed by atoms with Crippen LogP contribution in [0.15, 0.2) is 300 Å². The quantitative estimate of drug-likeness (QED) is 0.177. The van der Waals surface area contributed by atoms with Crippen LogP contribution in [-0.2, 0) is 10.8 Å². The van der Waals surface area contributed by atoms with Gasteiger partial charge in [-0.3, -0.25) is 0 Å². The molecule has 22 rings (SSSR count). The van der Waals surface area contributed by atoms with Crippen molar-refractivity contribution in [3.63, 3.8) is 0 Å². The van der Waals surface area contributed by atoms with Crippen LogP contribution in [0.25, 0.3) is 154 Å². The van der Waals surface area contributed by atoms with Gasteiger partial charge in [-0.05, 0) is 167 Å². The molecule has 4 heterocycles. The number of benzene rings is 14. The van der Waals surface area contributed by atoms with E-state index in [4.69, 9.17) is 8.83 Å². The van der Waals surface area contributed by atoms with Gasteiger partial charge in [-0.15, -0.1) is 0 Å². The molecular formula is C86H48N2O2. The normalized spacial score (nSPS) is 14.2. The fourth-order valence-electron chi connectivity index (χ4n) is 18.0. The van der Waals surface area contributed by atoms with E-state index in [1.165, 1.54) is 116 Å². The van der Waals surface area contributed by atoms with Crippen LogP contribution in [0.4, 0.5) is 0 Å². The molecule has 4 nitrogen and oxygen atoms in total. The molecule has 0 N–H and O–H groups in total. The number of hydrogen-bond donors (Lipinski definition) is 0. The summed E-state index contributed by atoms with van der Waals surface area (Å²) in [6, 6.07) is 109. The average molecular weight is 1140 g/mol. The third kappa shape index (κ3) is 5.58. The fourth-order valence-corrected chi connectivity index (χ4v) is 18.0. The smallest absolute Gasteiger partial charge is 0.159 e. The maximum atomic E-state index is 7.34. The Morgan fingerprint density at radius 3 is 1.24 bits per heavy atom. The van der Waals surface area contributed by atoms with Crippen molar-refractivity contribution in [2.24, 2.45) is 0 Å². The van der Waals surface area contributed by atoms with Crippen molar-refractivity contribution in [3.05, 3.63) is 336 Å². The number of nitrogens with zero attached hydrogens (tertiary/aromatic N) is 2. The highest BCUT2D eigenvalue weighted by molar-refractivity contribution is 6.19. The summed E-state index contributed by atoms with van der Waals surface area (Å²) < 4.78 is 19.3. The number of furan rings is 2. The SMILES string of the molecule is c1ccc2c(c1)-c1ccccc1C21c2ccccc2-c2cc3c(cc21)oc1cc(-n2c4ccccc4c4ccc(-c5cccc6c5c5ccccc5n6-c5cccc6c5oc5cc7c(cc56)-c5ccccc5C75c6ccccc6-c6ccccc65)cc42)ccc13. The van der Waals surface area contributed by atoms with Crippen molar-refractivity contribution in [3.8, 4) is 67.0 Å². The standard InChI is InChI=1S/C86H48N2O2/c1-9-29-67-52(19-1)53-20-2-10-30-68(53)85(67)71-33-13-5-23-56(71)63-45-65-60-42-40-50(44-80(60)89-81(65)47-73(63)85)87-75-35-15-7-25-58(75)59-41-39-49(43-79(59)87)51-27-17-37-77-83(51)62-26-8-16-36-76(62)88(77)78-38-18-28-61-66-46-64-57-24-6-14-34-72(57)86(74(64)48-82(66)90-84(61)78)69-31-11-3-21-54(69)55-22-4-12-32-70(55)86/h1-48H. The number of hydrogen-bond acceptors (Lipinski definition) is 2. The van der Waals surface area contributed by atoms with Crippen LogP contribution in [0.1, 0.15) is 44.5 Å². The summed E-state index contributed by atoms with van der Waals surface area (Å²) in [5, 5.41) is 9.23. The molecule has 0 radical (unpaired) electrons. The summed E-state index contributed by atoms with van der Waals surface area (Å²) in [5.74, 6) is 0. The highest BCUT2D eigenvalue weighted by Crippen LogP contribution is 2.65. The number of aromatic nitrogens is 2. The van der Waals surface area contributed by atoms with Gasteiger partial charge in [0.2, 0.25) is 0 Å². The van der Waals surface area contributed by atoms with Gasteiger partial charge in [-0.25, -0.2) is 0 Å². The molecule has 18 aromatic rings. The second-order valence-corrected chi connectivity index (χ2v) is 25.2. The molecule has 14 aromatic carbocycles. The molecule has 0 aliphatic heterocycles. The molecule has 4 heteroatoms. The van der Waals surface area contributed by atoms with Crippen LogP contribution < -0.4 is 0 Å². The minimum Gasteiger partial charge on any atom is -0.456 e. The average Bonchev–Trinajstić information content (AvgIpc) is 1.53. The second kappa shape index (κ2) is 16.7.